The van der Waals surface area contributed by atoms with Crippen LogP contribution in [0.1, 0.15) is 101 Å². The second-order valence-corrected chi connectivity index (χ2v) is 26.3. The normalized spacial score (nSPS) is 9.41. The number of carbonyl (C=O) groups is 6. The molecule has 0 unspecified atom stereocenters. The average molecular weight is 2080 g/mol. The number of rotatable bonds is 20. The van der Waals surface area contributed by atoms with Gasteiger partial charge in [0.05, 0.1) is 0 Å². The van der Waals surface area contributed by atoms with Crippen LogP contribution in [-0.2, 0) is 0 Å². The first-order chi connectivity index (χ1) is 69.3. The van der Waals surface area contributed by atoms with E-state index in [-0.39, 0.29) is 212 Å². The van der Waals surface area contributed by atoms with E-state index in [2.05, 4.69) is 189 Å². The van der Waals surface area contributed by atoms with Gasteiger partial charge in [-0.15, -0.1) is 0 Å². The number of halogens is 4. The van der Waals surface area contributed by atoms with Gasteiger partial charge in [-0.05, 0) is 30.1 Å². The molecule has 0 spiro atoms. The first-order valence-corrected chi connectivity index (χ1v) is 39.9. The Morgan fingerprint density at radius 3 is 0.980 bits per heavy atom. The molecule has 0 saturated carbocycles. The van der Waals surface area contributed by atoms with E-state index in [9.17, 15) is 52.4 Å². The van der Waals surface area contributed by atoms with E-state index in [0.29, 0.717) is 29.1 Å². The van der Waals surface area contributed by atoms with Gasteiger partial charge in [0.25, 0.3) is 35.4 Å². The molecule has 6 amide bonds. The van der Waals surface area contributed by atoms with Gasteiger partial charge in [-0.3, -0.25) is 38.7 Å². The summed E-state index contributed by atoms with van der Waals surface area (Å²) < 4.78 is 25.0. The third kappa shape index (κ3) is 34.6. The SMILES string of the molecule is CNc1nc(=O)[nH]c(N)c1C#N.CNc1nc(=O)[nH]c(N)c1C(N)=O.CNc1nc(C)nc(N)c1C(N)=O.CNc1nc(Cl)nc(N)c1C#N.CNc1nc(Cl)nc(N)c1C(N)=O.CNc1nc(F)nc(N)c1C#N.CNc1nc(F)nc(N)c1C(N)=O.CNc1nc(N)nc(N)c1C(N)=O.CNc1nc(Nc2nc(N)nc(NC)c2C#N)nc(N)c1C#N.CNc1ncnc(N)c1C#N.CNc1ncnc(N)c1C(N)=O. The lowest BCUT2D eigenvalue weighted by Crippen LogP contribution is -2.23. The molecule has 147 heavy (non-hydrogen) atoms. The predicted octanol–water partition coefficient (Wildman–Crippen LogP) is -4.85. The predicted molar refractivity (Wildman–Crippen MR) is 539 cm³/mol. The number of primary amides is 6. The molecule has 53 N–H and O–H groups in total. The van der Waals surface area contributed by atoms with E-state index in [1.807, 2.05) is 30.3 Å². The maximum Gasteiger partial charge on any atom is 0.348 e. The molecule has 70 nitrogen and oxygen atoms in total. The highest BCUT2D eigenvalue weighted by molar-refractivity contribution is 6.29. The summed E-state index contributed by atoms with van der Waals surface area (Å²) >= 11 is 11.0. The molecule has 0 fully saturated rings. The van der Waals surface area contributed by atoms with Crippen molar-refractivity contribution in [3.63, 3.8) is 0 Å². The van der Waals surface area contributed by atoms with E-state index in [1.54, 1.807) is 76.4 Å². The van der Waals surface area contributed by atoms with Crippen LogP contribution in [0.4, 0.5) is 166 Å². The molecule has 0 aliphatic heterocycles. The van der Waals surface area contributed by atoms with Crippen LogP contribution >= 0.6 is 23.2 Å². The van der Waals surface area contributed by atoms with E-state index in [1.165, 1.54) is 33.8 Å². The van der Waals surface area contributed by atoms with Crippen molar-refractivity contribution < 1.29 is 37.5 Å². The minimum Gasteiger partial charge on any atom is -0.384 e. The Kier molecular flexibility index (Phi) is 47.8. The minimum absolute atomic E-state index is 0.00755. The molecule has 0 radical (unpaired) electrons. The number of aromatic amines is 2. The molecule has 0 aliphatic carbocycles. The lowest BCUT2D eigenvalue weighted by Gasteiger charge is -2.11. The average Bonchev–Trinajstić information content (AvgIpc) is 0.809. The fourth-order valence-corrected chi connectivity index (χ4v) is 10.5. The third-order valence-electron chi connectivity index (χ3n) is 16.4. The lowest BCUT2D eigenvalue weighted by molar-refractivity contribution is 0.0992. The van der Waals surface area contributed by atoms with Crippen molar-refractivity contribution in [2.24, 2.45) is 34.4 Å². The third-order valence-corrected chi connectivity index (χ3v) is 16.7. The zero-order valence-electron chi connectivity index (χ0n) is 78.9. The minimum atomic E-state index is -1.01. The van der Waals surface area contributed by atoms with Crippen LogP contribution in [0.15, 0.2) is 22.2 Å². The number of amides is 6. The van der Waals surface area contributed by atoms with Crippen molar-refractivity contribution in [2.45, 2.75) is 6.92 Å². The summed E-state index contributed by atoms with van der Waals surface area (Å²) in [5.41, 5.74) is 101. The van der Waals surface area contributed by atoms with E-state index < -0.39 is 59.0 Å². The van der Waals surface area contributed by atoms with Gasteiger partial charge in [-0.2, -0.15) is 115 Å². The molecular weight excluding hydrogens is 1980 g/mol. The molecule has 0 saturated heterocycles. The smallest absolute Gasteiger partial charge is 0.348 e. The molecule has 0 aliphatic rings. The standard InChI is InChI=1S/C12H13N11.C7H11N5O.C6H8ClN5O.C6H6ClN5.C6H8FN5O.C6H6FN5.C6H10N6O.C6H9N5O2.C6H9N5O.C6H7N5O.C6H7N5/c1-17-8-5(3-13)7(15)19-12(22-8)23-10-6(4-14)9(18-2)20-11(16)21-10;1-3-11-5(8)4(6(9)13)7(10-2)12-3;1-10-5-2(4(9)13)3(8)11-6(7)12-5;1-10-5-3(2-8)4(9)11-6(7)12-5;1-10-5-2(4(9)13)3(8)11-6(7)12-5;1-10-5-3(2-8)4(9)11-6(7)12-5;1-10-5-2(4(8)13)3(7)11-6(9)12-5;1-9-5-2(4(8)12)3(7)10-6(13)11-5;1-9-6-3(5(8)12)4(7)10-2-11-6;1-9-5-3(2-7)4(8)10-6(12)11-5;1-9-6-4(2-7)5(8)10-3-11-6/h1-2H3,(H7,15,16,17,18,19,20,21,22,23);1-2H3,(H2,9,13)(H3,8,10,11,12);1H3,(H2,9,13)(H3,8,10,11,12);1H3,(H3,9,10,11,12);1H3,(H2,9,13)(H3,8,10,11,12);1H3,(H3,9,10,11,12);1H3,(H2,8,13)(H5,7,9,10,11,12);1H3,(H2,8,12)(H4,7,9,10,11,13);2H,1H3,(H2,8,12)(H3,7,9,10,11);1H3,(H4,8,9,10,11,12);3H,1H3,(H3,8,9,10,11). The maximum absolute atomic E-state index is 12.6. The van der Waals surface area contributed by atoms with Gasteiger partial charge in [-0.25, -0.2) is 44.5 Å². The monoisotopic (exact) mass is 2070 g/mol. The summed E-state index contributed by atoms with van der Waals surface area (Å²) in [6.45, 7) is 1.68. The van der Waals surface area contributed by atoms with Gasteiger partial charge in [0.15, 0.2) is 34.9 Å². The molecule has 0 atom stereocenters. The topological polar surface area (TPSA) is 1250 Å². The van der Waals surface area contributed by atoms with Gasteiger partial charge in [0.1, 0.15) is 226 Å². The number of nitrogens with one attached hydrogen (secondary N) is 15. The summed E-state index contributed by atoms with van der Waals surface area (Å²) in [5.74, 6) is -0.843. The Balaban J connectivity index is 0.000000550. The Morgan fingerprint density at radius 2 is 0.558 bits per heavy atom. The fraction of sp³-hybridized carbons (Fsp3) is 0.178. The van der Waals surface area contributed by atoms with Crippen LogP contribution in [0.2, 0.25) is 10.6 Å². The molecule has 12 heterocycles. The molecule has 12 rings (SSSR count). The van der Waals surface area contributed by atoms with Gasteiger partial charge >= 0.3 is 23.5 Å². The van der Waals surface area contributed by atoms with Crippen LogP contribution in [-0.4, -0.2) is 240 Å². The lowest BCUT2D eigenvalue weighted by atomic mass is 10.2. The zero-order valence-corrected chi connectivity index (χ0v) is 80.4. The Labute approximate surface area is 836 Å². The number of aromatic nitrogens is 24. The number of aryl methyl sites for hydroxylation is 1. The highest BCUT2D eigenvalue weighted by Crippen LogP contribution is 2.29. The summed E-state index contributed by atoms with van der Waals surface area (Å²) in [7, 11) is 18.9. The number of nitrogen functional groups attached to an aromatic ring is 13. The maximum atomic E-state index is 12.6. The highest BCUT2D eigenvalue weighted by atomic mass is 35.5. The Hall–Kier alpha value is -22.4. The summed E-state index contributed by atoms with van der Waals surface area (Å²) in [4.78, 5) is 172. The van der Waals surface area contributed by atoms with Crippen LogP contribution in [0.25, 0.3) is 0 Å². The number of hydrogen-bond acceptors (Lipinski definition) is 62. The molecule has 0 bridgehead atoms. The summed E-state index contributed by atoms with van der Waals surface area (Å²) in [6.07, 6.45) is 0.609. The quantitative estimate of drug-likeness (QED) is 0.0318. The van der Waals surface area contributed by atoms with Crippen LogP contribution in [0.3, 0.4) is 0 Å². The van der Waals surface area contributed by atoms with Crippen LogP contribution < -0.4 is 189 Å². The molecule has 0 aromatic carbocycles. The zero-order chi connectivity index (χ0) is 112. The number of H-pyrrole nitrogens is 2. The van der Waals surface area contributed by atoms with Gasteiger partial charge in [0.2, 0.25) is 28.4 Å². The van der Waals surface area contributed by atoms with Crippen LogP contribution in [0.5, 0.6) is 0 Å². The molecule has 12 aromatic heterocycles. The van der Waals surface area contributed by atoms with Gasteiger partial charge in [0, 0.05) is 84.6 Å². The highest BCUT2D eigenvalue weighted by Gasteiger charge is 2.24. The van der Waals surface area contributed by atoms with Crippen molar-refractivity contribution >= 4 is 216 Å². The molecule has 772 valence electrons. The van der Waals surface area contributed by atoms with E-state index in [0.717, 1.165) is 0 Å². The number of hydrogen-bond donors (Lipinski definition) is 34. The van der Waals surface area contributed by atoms with Gasteiger partial charge < -0.3 is 178 Å². The summed E-state index contributed by atoms with van der Waals surface area (Å²) in [5, 5.41) is 87.2. The van der Waals surface area contributed by atoms with E-state index >= 15 is 0 Å². The number of nitriles is 6. The fourth-order valence-electron chi connectivity index (χ4n) is 10.2. The molecular formula is C73H94Cl2F2N62O8. The number of nitrogens with zero attached hydrogens (tertiary/aromatic N) is 28. The van der Waals surface area contributed by atoms with Crippen LogP contribution in [0, 0.1) is 87.1 Å². The van der Waals surface area contributed by atoms with Crippen molar-refractivity contribution in [1.29, 1.82) is 31.6 Å². The first kappa shape index (κ1) is 121. The van der Waals surface area contributed by atoms with Crippen molar-refractivity contribution in [2.75, 3.05) is 228 Å². The number of carbonyl (C=O) groups excluding carboxylic acids is 6. The van der Waals surface area contributed by atoms with Gasteiger partial charge in [-0.1, -0.05) is 0 Å². The van der Waals surface area contributed by atoms with Crippen molar-refractivity contribution in [3.05, 3.63) is 129 Å². The second-order valence-electron chi connectivity index (χ2n) is 25.6. The number of nitrogens with two attached hydrogens (primary N) is 19. The second kappa shape index (κ2) is 58.2. The summed E-state index contributed by atoms with van der Waals surface area (Å²) in [6, 6.07) is 11.2. The first-order valence-electron chi connectivity index (χ1n) is 39.2. The Morgan fingerprint density at radius 1 is 0.279 bits per heavy atom. The van der Waals surface area contributed by atoms with E-state index in [4.69, 9.17) is 158 Å². The van der Waals surface area contributed by atoms with Crippen molar-refractivity contribution in [1.82, 2.24) is 120 Å². The Bertz CT molecular complexity index is 6850. The van der Waals surface area contributed by atoms with Crippen molar-refractivity contribution in [3.8, 4) is 36.4 Å². The largest absolute Gasteiger partial charge is 0.384 e. The number of anilines is 27. The molecule has 74 heteroatoms. The molecule has 12 aromatic rings.